The number of nitrogens with zero attached hydrogens (tertiary/aromatic N) is 5. The number of amides is 1. The van der Waals surface area contributed by atoms with Gasteiger partial charge in [-0.25, -0.2) is 0 Å². The van der Waals surface area contributed by atoms with Gasteiger partial charge in [0.15, 0.2) is 11.0 Å². The number of rotatable bonds is 10. The molecule has 3 rings (SSSR count). The highest BCUT2D eigenvalue weighted by Gasteiger charge is 2.19. The first-order chi connectivity index (χ1) is 14.6. The maximum Gasteiger partial charge on any atom is 0.233 e. The van der Waals surface area contributed by atoms with E-state index in [1.165, 1.54) is 11.8 Å². The lowest BCUT2D eigenvalue weighted by Gasteiger charge is -2.20. The third-order valence-electron chi connectivity index (χ3n) is 4.54. The Balaban J connectivity index is 1.73. The van der Waals surface area contributed by atoms with Gasteiger partial charge in [-0.3, -0.25) is 4.79 Å². The van der Waals surface area contributed by atoms with Gasteiger partial charge < -0.3 is 13.9 Å². The zero-order valence-corrected chi connectivity index (χ0v) is 18.1. The van der Waals surface area contributed by atoms with Crippen LogP contribution in [0.5, 0.6) is 0 Å². The zero-order valence-electron chi connectivity index (χ0n) is 17.2. The number of furan rings is 1. The fourth-order valence-corrected chi connectivity index (χ4v) is 3.97. The summed E-state index contributed by atoms with van der Waals surface area (Å²) in [6.45, 7) is 5.65. The van der Waals surface area contributed by atoms with Crippen molar-refractivity contribution in [2.45, 2.75) is 44.9 Å². The second kappa shape index (κ2) is 10.6. The van der Waals surface area contributed by atoms with Crippen molar-refractivity contribution < 1.29 is 9.21 Å². The van der Waals surface area contributed by atoms with Crippen molar-refractivity contribution >= 4 is 17.7 Å². The SMILES string of the molecule is CCCn1c(SCC(=O)N(CCC#N)Cc2ccco2)nnc1-c1cccc(C)c1. The number of benzene rings is 1. The van der Waals surface area contributed by atoms with Crippen molar-refractivity contribution in [3.05, 3.63) is 54.0 Å². The van der Waals surface area contributed by atoms with Crippen molar-refractivity contribution in [1.82, 2.24) is 19.7 Å². The Labute approximate surface area is 180 Å². The number of aromatic nitrogens is 3. The van der Waals surface area contributed by atoms with E-state index in [1.807, 2.05) is 31.2 Å². The van der Waals surface area contributed by atoms with Crippen molar-refractivity contribution in [3.63, 3.8) is 0 Å². The molecule has 1 amide bonds. The second-order valence-electron chi connectivity index (χ2n) is 6.92. The number of carbonyl (C=O) groups is 1. The van der Waals surface area contributed by atoms with E-state index in [2.05, 4.69) is 33.8 Å². The first kappa shape index (κ1) is 21.7. The van der Waals surface area contributed by atoms with Gasteiger partial charge in [-0.15, -0.1) is 10.2 Å². The molecular formula is C22H25N5O2S. The Hall–Kier alpha value is -3.05. The molecule has 0 saturated carbocycles. The van der Waals surface area contributed by atoms with E-state index in [1.54, 1.807) is 17.2 Å². The monoisotopic (exact) mass is 423 g/mol. The highest BCUT2D eigenvalue weighted by atomic mass is 32.2. The molecular weight excluding hydrogens is 398 g/mol. The molecule has 0 spiro atoms. The molecule has 1 aromatic carbocycles. The molecule has 0 aliphatic heterocycles. The van der Waals surface area contributed by atoms with E-state index in [4.69, 9.17) is 9.68 Å². The Morgan fingerprint density at radius 3 is 2.87 bits per heavy atom. The number of nitriles is 1. The van der Waals surface area contributed by atoms with Crippen LogP contribution >= 0.6 is 11.8 Å². The van der Waals surface area contributed by atoms with Crippen LogP contribution in [0.15, 0.2) is 52.2 Å². The van der Waals surface area contributed by atoms with E-state index in [9.17, 15) is 4.79 Å². The van der Waals surface area contributed by atoms with Crippen LogP contribution in [0.1, 0.15) is 31.1 Å². The standard InChI is InChI=1S/C22H25N5O2S/c1-3-11-27-21(18-8-4-7-17(2)14-18)24-25-22(27)30-16-20(28)26(12-6-10-23)15-19-9-5-13-29-19/h4-5,7-9,13-14H,3,6,11-12,15-16H2,1-2H3. The van der Waals surface area contributed by atoms with Gasteiger partial charge >= 0.3 is 0 Å². The molecule has 0 bridgehead atoms. The molecule has 0 radical (unpaired) electrons. The van der Waals surface area contributed by atoms with E-state index < -0.39 is 0 Å². The van der Waals surface area contributed by atoms with Crippen LogP contribution in [-0.2, 0) is 17.9 Å². The van der Waals surface area contributed by atoms with Crippen LogP contribution in [0.4, 0.5) is 0 Å². The van der Waals surface area contributed by atoms with Crippen molar-refractivity contribution in [2.24, 2.45) is 0 Å². The largest absolute Gasteiger partial charge is 0.467 e. The Morgan fingerprint density at radius 1 is 1.30 bits per heavy atom. The summed E-state index contributed by atoms with van der Waals surface area (Å²) in [6.07, 6.45) is 2.79. The van der Waals surface area contributed by atoms with Gasteiger partial charge in [0.05, 0.1) is 31.1 Å². The molecule has 0 N–H and O–H groups in total. The second-order valence-corrected chi connectivity index (χ2v) is 7.86. The number of hydrogen-bond donors (Lipinski definition) is 0. The van der Waals surface area contributed by atoms with Gasteiger partial charge in [0.2, 0.25) is 5.91 Å². The number of hydrogen-bond acceptors (Lipinski definition) is 6. The summed E-state index contributed by atoms with van der Waals surface area (Å²) in [5, 5.41) is 18.4. The number of aryl methyl sites for hydroxylation is 1. The normalized spacial score (nSPS) is 10.7. The minimum atomic E-state index is -0.0604. The maximum atomic E-state index is 12.8. The average molecular weight is 424 g/mol. The minimum absolute atomic E-state index is 0.0604. The Bertz CT molecular complexity index is 1010. The summed E-state index contributed by atoms with van der Waals surface area (Å²) >= 11 is 1.37. The van der Waals surface area contributed by atoms with Gasteiger partial charge in [-0.2, -0.15) is 5.26 Å². The van der Waals surface area contributed by atoms with E-state index in [0.717, 1.165) is 35.1 Å². The summed E-state index contributed by atoms with van der Waals surface area (Å²) < 4.78 is 7.43. The number of thioether (sulfide) groups is 1. The third kappa shape index (κ3) is 5.51. The zero-order chi connectivity index (χ0) is 21.3. The highest BCUT2D eigenvalue weighted by Crippen LogP contribution is 2.25. The first-order valence-electron chi connectivity index (χ1n) is 9.92. The molecule has 0 unspecified atom stereocenters. The number of carbonyl (C=O) groups excluding carboxylic acids is 1. The van der Waals surface area contributed by atoms with Crippen LogP contribution in [0.2, 0.25) is 0 Å². The van der Waals surface area contributed by atoms with Gasteiger partial charge in [-0.05, 0) is 31.5 Å². The van der Waals surface area contributed by atoms with Crippen LogP contribution in [0.25, 0.3) is 11.4 Å². The molecule has 8 heteroatoms. The van der Waals surface area contributed by atoms with E-state index >= 15 is 0 Å². The Kier molecular flexibility index (Phi) is 7.69. The lowest BCUT2D eigenvalue weighted by atomic mass is 10.1. The molecule has 0 aliphatic carbocycles. The summed E-state index contributed by atoms with van der Waals surface area (Å²) in [5.41, 5.74) is 2.18. The summed E-state index contributed by atoms with van der Waals surface area (Å²) in [6, 6.07) is 13.9. The summed E-state index contributed by atoms with van der Waals surface area (Å²) in [7, 11) is 0. The molecule has 3 aromatic rings. The van der Waals surface area contributed by atoms with Crippen LogP contribution in [0.3, 0.4) is 0 Å². The molecule has 30 heavy (non-hydrogen) atoms. The Morgan fingerprint density at radius 2 is 2.17 bits per heavy atom. The quantitative estimate of drug-likeness (QED) is 0.452. The van der Waals surface area contributed by atoms with Gasteiger partial charge in [0.25, 0.3) is 0 Å². The fourth-order valence-electron chi connectivity index (χ4n) is 3.10. The summed E-state index contributed by atoms with van der Waals surface area (Å²) in [4.78, 5) is 14.5. The fraction of sp³-hybridized carbons (Fsp3) is 0.364. The van der Waals surface area contributed by atoms with Gasteiger partial charge in [0.1, 0.15) is 5.76 Å². The highest BCUT2D eigenvalue weighted by molar-refractivity contribution is 7.99. The maximum absolute atomic E-state index is 12.8. The van der Waals surface area contributed by atoms with Gasteiger partial charge in [0, 0.05) is 18.7 Å². The topological polar surface area (TPSA) is 88.0 Å². The van der Waals surface area contributed by atoms with E-state index in [0.29, 0.717) is 18.8 Å². The molecule has 0 atom stereocenters. The smallest absolute Gasteiger partial charge is 0.233 e. The molecule has 0 fully saturated rings. The van der Waals surface area contributed by atoms with Gasteiger partial charge in [-0.1, -0.05) is 42.4 Å². The molecule has 2 aromatic heterocycles. The van der Waals surface area contributed by atoms with Crippen molar-refractivity contribution in [2.75, 3.05) is 12.3 Å². The average Bonchev–Trinajstić information content (AvgIpc) is 3.39. The molecule has 0 saturated heterocycles. The first-order valence-corrected chi connectivity index (χ1v) is 10.9. The minimum Gasteiger partial charge on any atom is -0.467 e. The molecule has 156 valence electrons. The predicted molar refractivity (Wildman–Crippen MR) is 116 cm³/mol. The van der Waals surface area contributed by atoms with Crippen LogP contribution in [0, 0.1) is 18.3 Å². The molecule has 0 aliphatic rings. The van der Waals surface area contributed by atoms with Crippen molar-refractivity contribution in [1.29, 1.82) is 5.26 Å². The third-order valence-corrected chi connectivity index (χ3v) is 5.49. The van der Waals surface area contributed by atoms with Crippen molar-refractivity contribution in [3.8, 4) is 17.5 Å². The van der Waals surface area contributed by atoms with Crippen LogP contribution in [-0.4, -0.2) is 37.9 Å². The molecule has 7 nitrogen and oxygen atoms in total. The van der Waals surface area contributed by atoms with E-state index in [-0.39, 0.29) is 18.1 Å². The molecule has 2 heterocycles. The lowest BCUT2D eigenvalue weighted by molar-refractivity contribution is -0.129. The van der Waals surface area contributed by atoms with Crippen LogP contribution < -0.4 is 0 Å². The lowest BCUT2D eigenvalue weighted by Crippen LogP contribution is -2.32. The summed E-state index contributed by atoms with van der Waals surface area (Å²) in [5.74, 6) is 1.67. The predicted octanol–water partition coefficient (Wildman–Crippen LogP) is 4.29.